The molecule has 2 rings (SSSR count). The van der Waals surface area contributed by atoms with Gasteiger partial charge in [-0.2, -0.15) is 4.99 Å². The van der Waals surface area contributed by atoms with Crippen LogP contribution < -0.4 is 10.6 Å². The maximum Gasteiger partial charge on any atom is 0.223 e. The second kappa shape index (κ2) is 5.57. The number of hydrogen-bond donors (Lipinski definition) is 2. The largest absolute Gasteiger partial charge is 0.296 e. The van der Waals surface area contributed by atoms with E-state index in [1.54, 1.807) is 0 Å². The fourth-order valence-electron chi connectivity index (χ4n) is 1.42. The molecule has 0 atom stereocenters. The predicted molar refractivity (Wildman–Crippen MR) is 74.3 cm³/mol. The van der Waals surface area contributed by atoms with E-state index in [1.165, 1.54) is 25.2 Å². The number of carbonyl (C=O) groups excluding carboxylic acids is 2. The standard InChI is InChI=1S/C12H12N4O2S/c1-7(17)13-11(14-8(2)18)16-12-15-9-5-3-4-6-10(9)19-12/h3-6H,1-2H3,(H2,13,14,15,16,17,18). The van der Waals surface area contributed by atoms with Crippen LogP contribution in [-0.2, 0) is 9.59 Å². The molecular formula is C12H12N4O2S. The first-order valence-electron chi connectivity index (χ1n) is 5.54. The monoisotopic (exact) mass is 276 g/mol. The molecule has 0 fully saturated rings. The van der Waals surface area contributed by atoms with Gasteiger partial charge in [-0.1, -0.05) is 23.5 Å². The Labute approximate surface area is 113 Å². The molecule has 7 heteroatoms. The summed E-state index contributed by atoms with van der Waals surface area (Å²) in [6, 6.07) is 7.61. The Morgan fingerprint density at radius 1 is 1.16 bits per heavy atom. The van der Waals surface area contributed by atoms with Crippen molar-refractivity contribution in [3.05, 3.63) is 24.3 Å². The molecule has 1 heterocycles. The van der Waals surface area contributed by atoms with Crippen molar-refractivity contribution in [3.8, 4) is 0 Å². The summed E-state index contributed by atoms with van der Waals surface area (Å²) in [7, 11) is 0. The zero-order valence-corrected chi connectivity index (χ0v) is 11.2. The Hall–Kier alpha value is -2.28. The van der Waals surface area contributed by atoms with Crippen LogP contribution in [0.3, 0.4) is 0 Å². The highest BCUT2D eigenvalue weighted by Crippen LogP contribution is 2.27. The third kappa shape index (κ3) is 3.59. The average Bonchev–Trinajstić information content (AvgIpc) is 2.68. The zero-order valence-electron chi connectivity index (χ0n) is 10.4. The summed E-state index contributed by atoms with van der Waals surface area (Å²) in [4.78, 5) is 30.5. The minimum atomic E-state index is -0.311. The van der Waals surface area contributed by atoms with E-state index >= 15 is 0 Å². The SMILES string of the molecule is CC(=O)NC(=Nc1nc2ccccc2s1)NC(C)=O. The van der Waals surface area contributed by atoms with Crippen molar-refractivity contribution >= 4 is 44.5 Å². The van der Waals surface area contributed by atoms with Crippen molar-refractivity contribution in [1.82, 2.24) is 15.6 Å². The van der Waals surface area contributed by atoms with Crippen LogP contribution in [0.2, 0.25) is 0 Å². The van der Waals surface area contributed by atoms with E-state index in [2.05, 4.69) is 20.6 Å². The number of thiazole rings is 1. The van der Waals surface area contributed by atoms with Crippen molar-refractivity contribution in [2.24, 2.45) is 4.99 Å². The molecule has 1 aromatic carbocycles. The van der Waals surface area contributed by atoms with Crippen LogP contribution in [0.25, 0.3) is 10.2 Å². The number of nitrogens with one attached hydrogen (secondary N) is 2. The van der Waals surface area contributed by atoms with Gasteiger partial charge in [-0.25, -0.2) is 4.98 Å². The van der Waals surface area contributed by atoms with Gasteiger partial charge in [-0.15, -0.1) is 0 Å². The minimum absolute atomic E-state index is 0.0825. The van der Waals surface area contributed by atoms with Gasteiger partial charge in [-0.05, 0) is 12.1 Å². The summed E-state index contributed by atoms with van der Waals surface area (Å²) in [5, 5.41) is 5.37. The summed E-state index contributed by atoms with van der Waals surface area (Å²) < 4.78 is 0.992. The van der Waals surface area contributed by atoms with Gasteiger partial charge in [0.1, 0.15) is 0 Å². The number of aromatic nitrogens is 1. The summed E-state index contributed by atoms with van der Waals surface area (Å²) in [5.41, 5.74) is 0.830. The lowest BCUT2D eigenvalue weighted by atomic mass is 10.3. The molecule has 2 aromatic rings. The molecule has 0 aliphatic rings. The molecular weight excluding hydrogens is 264 g/mol. The average molecular weight is 276 g/mol. The van der Waals surface area contributed by atoms with Gasteiger partial charge in [0.05, 0.1) is 10.2 Å². The number of fused-ring (bicyclic) bond motifs is 1. The number of rotatable bonds is 1. The second-order valence-corrected chi connectivity index (χ2v) is 4.80. The van der Waals surface area contributed by atoms with Gasteiger partial charge >= 0.3 is 0 Å². The number of amides is 2. The highest BCUT2D eigenvalue weighted by molar-refractivity contribution is 7.22. The van der Waals surface area contributed by atoms with Crippen LogP contribution in [0.15, 0.2) is 29.3 Å². The number of guanidine groups is 1. The Kier molecular flexibility index (Phi) is 3.86. The molecule has 98 valence electrons. The van der Waals surface area contributed by atoms with Crippen LogP contribution in [-0.4, -0.2) is 22.8 Å². The number of aliphatic imine (C=N–C) groups is 1. The van der Waals surface area contributed by atoms with Crippen molar-refractivity contribution in [3.63, 3.8) is 0 Å². The molecule has 6 nitrogen and oxygen atoms in total. The normalized spacial score (nSPS) is 10.0. The number of hydrogen-bond acceptors (Lipinski definition) is 5. The Balaban J connectivity index is 2.33. The molecule has 0 saturated carbocycles. The molecule has 0 unspecified atom stereocenters. The molecule has 0 radical (unpaired) electrons. The maximum absolute atomic E-state index is 11.0. The molecule has 1 aromatic heterocycles. The summed E-state index contributed by atoms with van der Waals surface area (Å²) in [6.45, 7) is 2.69. The molecule has 0 bridgehead atoms. The lowest BCUT2D eigenvalue weighted by molar-refractivity contribution is -0.117. The van der Waals surface area contributed by atoms with Crippen LogP contribution in [0, 0.1) is 0 Å². The topological polar surface area (TPSA) is 83.4 Å². The highest BCUT2D eigenvalue weighted by atomic mass is 32.1. The fraction of sp³-hybridized carbons (Fsp3) is 0.167. The van der Waals surface area contributed by atoms with Crippen LogP contribution in [0.4, 0.5) is 5.13 Å². The van der Waals surface area contributed by atoms with E-state index in [1.807, 2.05) is 24.3 Å². The maximum atomic E-state index is 11.0. The van der Waals surface area contributed by atoms with E-state index in [0.29, 0.717) is 5.13 Å². The number of nitrogens with zero attached hydrogens (tertiary/aromatic N) is 2. The van der Waals surface area contributed by atoms with E-state index < -0.39 is 0 Å². The second-order valence-electron chi connectivity index (χ2n) is 3.79. The van der Waals surface area contributed by atoms with Crippen molar-refractivity contribution in [2.45, 2.75) is 13.8 Å². The Bertz CT molecular complexity index is 612. The van der Waals surface area contributed by atoms with E-state index in [4.69, 9.17) is 0 Å². The molecule has 2 amide bonds. The van der Waals surface area contributed by atoms with Crippen LogP contribution in [0.5, 0.6) is 0 Å². The summed E-state index contributed by atoms with van der Waals surface area (Å²) in [5.74, 6) is -0.540. The van der Waals surface area contributed by atoms with Gasteiger partial charge in [0.15, 0.2) is 0 Å². The lowest BCUT2D eigenvalue weighted by Gasteiger charge is -2.05. The third-order valence-electron chi connectivity index (χ3n) is 2.08. The Morgan fingerprint density at radius 3 is 2.37 bits per heavy atom. The lowest BCUT2D eigenvalue weighted by Crippen LogP contribution is -2.41. The minimum Gasteiger partial charge on any atom is -0.296 e. The van der Waals surface area contributed by atoms with Crippen LogP contribution in [0.1, 0.15) is 13.8 Å². The molecule has 0 aliphatic carbocycles. The smallest absolute Gasteiger partial charge is 0.223 e. The van der Waals surface area contributed by atoms with E-state index in [0.717, 1.165) is 10.2 Å². The van der Waals surface area contributed by atoms with Gasteiger partial charge in [0.25, 0.3) is 0 Å². The zero-order chi connectivity index (χ0) is 13.8. The van der Waals surface area contributed by atoms with Crippen molar-refractivity contribution in [1.29, 1.82) is 0 Å². The molecule has 0 aliphatic heterocycles. The first-order chi connectivity index (χ1) is 9.04. The molecule has 0 spiro atoms. The van der Waals surface area contributed by atoms with Gasteiger partial charge in [0.2, 0.25) is 22.9 Å². The van der Waals surface area contributed by atoms with Crippen molar-refractivity contribution in [2.75, 3.05) is 0 Å². The predicted octanol–water partition coefficient (Wildman–Crippen LogP) is 1.56. The summed E-state index contributed by atoms with van der Waals surface area (Å²) in [6.07, 6.45) is 0. The van der Waals surface area contributed by atoms with E-state index in [9.17, 15) is 9.59 Å². The molecule has 19 heavy (non-hydrogen) atoms. The van der Waals surface area contributed by atoms with Gasteiger partial charge in [0, 0.05) is 13.8 Å². The molecule has 2 N–H and O–H groups in total. The van der Waals surface area contributed by atoms with Crippen LogP contribution >= 0.6 is 11.3 Å². The Morgan fingerprint density at radius 2 is 1.79 bits per heavy atom. The molecule has 0 saturated heterocycles. The van der Waals surface area contributed by atoms with Crippen molar-refractivity contribution < 1.29 is 9.59 Å². The first-order valence-corrected chi connectivity index (χ1v) is 6.35. The quantitative estimate of drug-likeness (QED) is 0.612. The van der Waals surface area contributed by atoms with Gasteiger partial charge < -0.3 is 0 Å². The summed E-state index contributed by atoms with van der Waals surface area (Å²) >= 11 is 1.38. The fourth-order valence-corrected chi connectivity index (χ4v) is 2.27. The third-order valence-corrected chi connectivity index (χ3v) is 3.01. The highest BCUT2D eigenvalue weighted by Gasteiger charge is 2.07. The van der Waals surface area contributed by atoms with Gasteiger partial charge in [-0.3, -0.25) is 20.2 Å². The first kappa shape index (κ1) is 13.2. The van der Waals surface area contributed by atoms with E-state index in [-0.39, 0.29) is 17.8 Å². The number of para-hydroxylation sites is 1. The number of benzene rings is 1. The number of carbonyl (C=O) groups is 2.